The smallest absolute Gasteiger partial charge is 0.337 e. The van der Waals surface area contributed by atoms with Crippen LogP contribution in [0.4, 0.5) is 0 Å². The number of ether oxygens (including phenoxy) is 1. The summed E-state index contributed by atoms with van der Waals surface area (Å²) in [6.45, 7) is 0. The van der Waals surface area contributed by atoms with E-state index in [0.717, 1.165) is 25.7 Å². The predicted molar refractivity (Wildman–Crippen MR) is 89.1 cm³/mol. The van der Waals surface area contributed by atoms with Gasteiger partial charge in [0.2, 0.25) is 0 Å². The van der Waals surface area contributed by atoms with E-state index in [1.54, 1.807) is 30.5 Å². The van der Waals surface area contributed by atoms with E-state index >= 15 is 0 Å². The summed E-state index contributed by atoms with van der Waals surface area (Å²) in [7, 11) is 1.35. The largest absolute Gasteiger partial charge is 0.465 e. The Balaban J connectivity index is 1.51. The molecule has 2 fully saturated rings. The van der Waals surface area contributed by atoms with E-state index in [4.69, 9.17) is 4.74 Å². The highest BCUT2D eigenvalue weighted by molar-refractivity contribution is 5.96. The maximum absolute atomic E-state index is 13.0. The number of esters is 1. The first-order chi connectivity index (χ1) is 12.2. The quantitative estimate of drug-likeness (QED) is 0.800. The summed E-state index contributed by atoms with van der Waals surface area (Å²) in [4.78, 5) is 26.5. The van der Waals surface area contributed by atoms with Gasteiger partial charge in [-0.25, -0.2) is 9.48 Å². The van der Waals surface area contributed by atoms with E-state index in [0.29, 0.717) is 17.2 Å². The minimum absolute atomic E-state index is 0.0426. The Morgan fingerprint density at radius 2 is 1.68 bits per heavy atom. The van der Waals surface area contributed by atoms with E-state index in [1.807, 2.05) is 15.8 Å². The Kier molecular flexibility index (Phi) is 3.99. The van der Waals surface area contributed by atoms with E-state index in [1.165, 1.54) is 7.11 Å². The molecule has 0 spiro atoms. The highest BCUT2D eigenvalue weighted by Gasteiger charge is 2.44. The summed E-state index contributed by atoms with van der Waals surface area (Å²) in [6.07, 6.45) is 7.47. The lowest BCUT2D eigenvalue weighted by Crippen LogP contribution is -2.47. The molecule has 7 heteroatoms. The lowest BCUT2D eigenvalue weighted by molar-refractivity contribution is 0.0520. The predicted octanol–water partition coefficient (Wildman–Crippen LogP) is 2.07. The topological polar surface area (TPSA) is 77.3 Å². The standard InChI is InChI=1S/C18H20N4O3/c1-25-18(24)13-4-2-12(3-5-13)17(23)22-14-6-7-15(22)11-16(10-14)21-9-8-19-20-21/h2-5,8-9,14-16H,6-7,10-11H2,1H3. The van der Waals surface area contributed by atoms with Gasteiger partial charge in [-0.05, 0) is 49.9 Å². The van der Waals surface area contributed by atoms with Gasteiger partial charge in [-0.2, -0.15) is 0 Å². The monoisotopic (exact) mass is 340 g/mol. The van der Waals surface area contributed by atoms with Gasteiger partial charge >= 0.3 is 5.97 Å². The highest BCUT2D eigenvalue weighted by Crippen LogP contribution is 2.41. The number of benzene rings is 1. The van der Waals surface area contributed by atoms with E-state index < -0.39 is 5.97 Å². The van der Waals surface area contributed by atoms with E-state index in [-0.39, 0.29) is 18.0 Å². The van der Waals surface area contributed by atoms with Crippen molar-refractivity contribution in [1.29, 1.82) is 0 Å². The van der Waals surface area contributed by atoms with Crippen molar-refractivity contribution in [2.24, 2.45) is 0 Å². The lowest BCUT2D eigenvalue weighted by Gasteiger charge is -2.39. The van der Waals surface area contributed by atoms with Crippen molar-refractivity contribution in [3.63, 3.8) is 0 Å². The Labute approximate surface area is 145 Å². The molecule has 0 aliphatic carbocycles. The van der Waals surface area contributed by atoms with Crippen LogP contribution in [0.1, 0.15) is 52.4 Å². The second-order valence-corrected chi connectivity index (χ2v) is 6.67. The zero-order chi connectivity index (χ0) is 17.4. The zero-order valence-electron chi connectivity index (χ0n) is 14.0. The molecule has 2 atom stereocenters. The number of fused-ring (bicyclic) bond motifs is 2. The van der Waals surface area contributed by atoms with Gasteiger partial charge in [0, 0.05) is 23.8 Å². The molecule has 0 radical (unpaired) electrons. The van der Waals surface area contributed by atoms with Crippen LogP contribution < -0.4 is 0 Å². The highest BCUT2D eigenvalue weighted by atomic mass is 16.5. The molecule has 25 heavy (non-hydrogen) atoms. The number of piperidine rings is 1. The zero-order valence-corrected chi connectivity index (χ0v) is 14.0. The minimum atomic E-state index is -0.396. The van der Waals surface area contributed by atoms with Crippen LogP contribution in [0, 0.1) is 0 Å². The molecule has 2 aliphatic rings. The van der Waals surface area contributed by atoms with Crippen LogP contribution in [0.3, 0.4) is 0 Å². The average molecular weight is 340 g/mol. The number of rotatable bonds is 3. The van der Waals surface area contributed by atoms with E-state index in [2.05, 4.69) is 10.3 Å². The number of carbonyl (C=O) groups excluding carboxylic acids is 2. The van der Waals surface area contributed by atoms with Gasteiger partial charge in [-0.3, -0.25) is 4.79 Å². The number of hydrogen-bond donors (Lipinski definition) is 0. The van der Waals surface area contributed by atoms with Crippen molar-refractivity contribution < 1.29 is 14.3 Å². The molecule has 4 rings (SSSR count). The second-order valence-electron chi connectivity index (χ2n) is 6.67. The molecule has 2 unspecified atom stereocenters. The van der Waals surface area contributed by atoms with Gasteiger partial charge in [0.05, 0.1) is 24.9 Å². The van der Waals surface area contributed by atoms with Crippen LogP contribution in [-0.2, 0) is 4.74 Å². The Bertz CT molecular complexity index is 758. The minimum Gasteiger partial charge on any atom is -0.465 e. The molecule has 1 amide bonds. The third-order valence-corrected chi connectivity index (χ3v) is 5.31. The van der Waals surface area contributed by atoms with E-state index in [9.17, 15) is 9.59 Å². The summed E-state index contributed by atoms with van der Waals surface area (Å²) < 4.78 is 6.61. The van der Waals surface area contributed by atoms with Crippen molar-refractivity contribution in [2.45, 2.75) is 43.8 Å². The molecule has 0 N–H and O–H groups in total. The average Bonchev–Trinajstić information content (AvgIpc) is 3.27. The van der Waals surface area contributed by atoms with Gasteiger partial charge in [-0.1, -0.05) is 5.21 Å². The molecular weight excluding hydrogens is 320 g/mol. The van der Waals surface area contributed by atoms with Crippen LogP contribution >= 0.6 is 0 Å². The van der Waals surface area contributed by atoms with Crippen molar-refractivity contribution in [1.82, 2.24) is 19.9 Å². The van der Waals surface area contributed by atoms with Crippen LogP contribution in [0.5, 0.6) is 0 Å². The molecule has 2 aliphatic heterocycles. The fourth-order valence-electron chi connectivity index (χ4n) is 4.12. The fourth-order valence-corrected chi connectivity index (χ4v) is 4.12. The molecule has 1 aromatic carbocycles. The SMILES string of the molecule is COC(=O)c1ccc(C(=O)N2C3CCC2CC(n2ccnn2)C3)cc1. The van der Waals surface area contributed by atoms with Gasteiger partial charge < -0.3 is 9.64 Å². The van der Waals surface area contributed by atoms with Crippen LogP contribution in [0.25, 0.3) is 0 Å². The van der Waals surface area contributed by atoms with Crippen molar-refractivity contribution in [3.05, 3.63) is 47.8 Å². The van der Waals surface area contributed by atoms with Crippen LogP contribution in [0.2, 0.25) is 0 Å². The summed E-state index contributed by atoms with van der Waals surface area (Å²) in [5, 5.41) is 8.01. The first kappa shape index (κ1) is 15.8. The molecule has 2 saturated heterocycles. The van der Waals surface area contributed by atoms with Gasteiger partial charge in [0.25, 0.3) is 5.91 Å². The first-order valence-electron chi connectivity index (χ1n) is 8.54. The van der Waals surface area contributed by atoms with Crippen LogP contribution in [-0.4, -0.2) is 51.0 Å². The summed E-state index contributed by atoms with van der Waals surface area (Å²) in [5.41, 5.74) is 1.07. The van der Waals surface area contributed by atoms with Gasteiger partial charge in [0.15, 0.2) is 0 Å². The summed E-state index contributed by atoms with van der Waals surface area (Å²) in [5.74, 6) is -0.353. The maximum Gasteiger partial charge on any atom is 0.337 e. The second kappa shape index (κ2) is 6.31. The Morgan fingerprint density at radius 3 is 2.24 bits per heavy atom. The molecule has 2 aromatic rings. The first-order valence-corrected chi connectivity index (χ1v) is 8.54. The van der Waals surface area contributed by atoms with Crippen molar-refractivity contribution in [2.75, 3.05) is 7.11 Å². The van der Waals surface area contributed by atoms with Gasteiger partial charge in [0.1, 0.15) is 0 Å². The summed E-state index contributed by atoms with van der Waals surface area (Å²) >= 11 is 0. The molecule has 1 aromatic heterocycles. The third kappa shape index (κ3) is 2.79. The third-order valence-electron chi connectivity index (χ3n) is 5.31. The number of methoxy groups -OCH3 is 1. The Morgan fingerprint density at radius 1 is 1.04 bits per heavy atom. The molecule has 7 nitrogen and oxygen atoms in total. The number of amides is 1. The van der Waals surface area contributed by atoms with Gasteiger partial charge in [-0.15, -0.1) is 5.10 Å². The van der Waals surface area contributed by atoms with Crippen molar-refractivity contribution >= 4 is 11.9 Å². The number of hydrogen-bond acceptors (Lipinski definition) is 5. The number of aromatic nitrogens is 3. The maximum atomic E-state index is 13.0. The molecule has 130 valence electrons. The number of carbonyl (C=O) groups is 2. The van der Waals surface area contributed by atoms with Crippen LogP contribution in [0.15, 0.2) is 36.7 Å². The number of nitrogens with zero attached hydrogens (tertiary/aromatic N) is 4. The fraction of sp³-hybridized carbons (Fsp3) is 0.444. The molecule has 2 bridgehead atoms. The Hall–Kier alpha value is -2.70. The normalized spacial score (nSPS) is 25.0. The molecule has 3 heterocycles. The lowest BCUT2D eigenvalue weighted by atomic mass is 9.96. The summed E-state index contributed by atoms with van der Waals surface area (Å²) in [6, 6.07) is 7.48. The van der Waals surface area contributed by atoms with Crippen molar-refractivity contribution in [3.8, 4) is 0 Å². The molecule has 0 saturated carbocycles. The molecular formula is C18H20N4O3.